The van der Waals surface area contributed by atoms with E-state index in [0.717, 1.165) is 11.6 Å². The summed E-state index contributed by atoms with van der Waals surface area (Å²) in [6.07, 6.45) is 1.49. The van der Waals surface area contributed by atoms with Gasteiger partial charge in [-0.25, -0.2) is 8.78 Å². The molecule has 0 saturated carbocycles. The van der Waals surface area contributed by atoms with Crippen LogP contribution >= 0.6 is 0 Å². The van der Waals surface area contributed by atoms with Crippen molar-refractivity contribution in [3.63, 3.8) is 0 Å². The van der Waals surface area contributed by atoms with Gasteiger partial charge in [0.1, 0.15) is 11.6 Å². The second kappa shape index (κ2) is 7.19. The lowest BCUT2D eigenvalue weighted by atomic mass is 10.0. The van der Waals surface area contributed by atoms with Crippen LogP contribution in [0.3, 0.4) is 0 Å². The molecule has 0 saturated heterocycles. The Morgan fingerprint density at radius 2 is 1.54 bits per heavy atom. The number of hydrogen-bond donors (Lipinski definition) is 0. The Morgan fingerprint density at radius 1 is 0.857 bits per heavy atom. The summed E-state index contributed by atoms with van der Waals surface area (Å²) in [6, 6.07) is 18.3. The molecule has 0 spiro atoms. The van der Waals surface area contributed by atoms with Gasteiger partial charge in [0.05, 0.1) is 11.1 Å². The van der Waals surface area contributed by atoms with Crippen molar-refractivity contribution in [1.29, 1.82) is 0 Å². The second-order valence-electron chi connectivity index (χ2n) is 6.48. The molecule has 0 aliphatic rings. The third-order valence-corrected chi connectivity index (χ3v) is 4.59. The number of halogens is 2. The molecule has 0 N–H and O–H groups in total. The first-order valence-electron chi connectivity index (χ1n) is 8.70. The lowest BCUT2D eigenvalue weighted by Gasteiger charge is -2.14. The number of benzene rings is 3. The minimum absolute atomic E-state index is 0.0357. The largest absolute Gasteiger partial charge is 0.342 e. The molecule has 3 aromatic carbocycles. The molecule has 1 heterocycles. The average molecular weight is 375 g/mol. The molecule has 0 atom stereocenters. The lowest BCUT2D eigenvalue weighted by molar-refractivity contribution is 0.103. The molecular formula is C23H15F2NO2. The Balaban J connectivity index is 1.91. The number of nitrogens with zero attached hydrogens (tertiary/aromatic N) is 1. The van der Waals surface area contributed by atoms with E-state index in [1.807, 2.05) is 0 Å². The van der Waals surface area contributed by atoms with Gasteiger partial charge < -0.3 is 4.57 Å². The van der Waals surface area contributed by atoms with E-state index >= 15 is 0 Å². The number of fused-ring (bicyclic) bond motifs is 1. The highest BCUT2D eigenvalue weighted by Gasteiger charge is 2.17. The topological polar surface area (TPSA) is 39.1 Å². The van der Waals surface area contributed by atoms with Crippen LogP contribution in [0.25, 0.3) is 10.9 Å². The van der Waals surface area contributed by atoms with Crippen molar-refractivity contribution in [1.82, 2.24) is 4.57 Å². The number of aromatic nitrogens is 1. The van der Waals surface area contributed by atoms with Crippen molar-refractivity contribution in [3.05, 3.63) is 118 Å². The van der Waals surface area contributed by atoms with Gasteiger partial charge in [0, 0.05) is 23.7 Å². The van der Waals surface area contributed by atoms with Gasteiger partial charge in [-0.05, 0) is 35.9 Å². The zero-order chi connectivity index (χ0) is 19.7. The van der Waals surface area contributed by atoms with Gasteiger partial charge in [0.2, 0.25) is 5.43 Å². The summed E-state index contributed by atoms with van der Waals surface area (Å²) in [6.45, 7) is 0.303. The first kappa shape index (κ1) is 17.8. The predicted octanol–water partition coefficient (Wildman–Crippen LogP) is 4.56. The lowest BCUT2D eigenvalue weighted by Crippen LogP contribution is -2.20. The Kier molecular flexibility index (Phi) is 4.57. The first-order chi connectivity index (χ1) is 13.5. The highest BCUT2D eigenvalue weighted by molar-refractivity contribution is 6.10. The molecule has 0 radical (unpaired) electrons. The SMILES string of the molecule is O=C(c1ccccc1)c1cn(Cc2ccc(F)cc2)c2ccc(F)cc2c1=O. The maximum atomic E-state index is 13.8. The van der Waals surface area contributed by atoms with Crippen molar-refractivity contribution >= 4 is 16.7 Å². The van der Waals surface area contributed by atoms with E-state index in [1.54, 1.807) is 47.0 Å². The second-order valence-corrected chi connectivity index (χ2v) is 6.48. The highest BCUT2D eigenvalue weighted by Crippen LogP contribution is 2.18. The number of rotatable bonds is 4. The van der Waals surface area contributed by atoms with Crippen molar-refractivity contribution in [2.24, 2.45) is 0 Å². The van der Waals surface area contributed by atoms with Gasteiger partial charge in [0.25, 0.3) is 0 Å². The van der Waals surface area contributed by atoms with Gasteiger partial charge in [0.15, 0.2) is 5.78 Å². The molecule has 5 heteroatoms. The fourth-order valence-electron chi connectivity index (χ4n) is 3.19. The van der Waals surface area contributed by atoms with Crippen LogP contribution in [0.1, 0.15) is 21.5 Å². The van der Waals surface area contributed by atoms with E-state index in [9.17, 15) is 18.4 Å². The van der Waals surface area contributed by atoms with Crippen LogP contribution in [0.15, 0.2) is 83.8 Å². The van der Waals surface area contributed by atoms with Crippen LogP contribution in [-0.2, 0) is 6.54 Å². The zero-order valence-corrected chi connectivity index (χ0v) is 14.7. The van der Waals surface area contributed by atoms with E-state index in [1.165, 1.54) is 30.5 Å². The summed E-state index contributed by atoms with van der Waals surface area (Å²) < 4.78 is 28.7. The quantitative estimate of drug-likeness (QED) is 0.491. The van der Waals surface area contributed by atoms with E-state index < -0.39 is 17.0 Å². The predicted molar refractivity (Wildman–Crippen MR) is 104 cm³/mol. The molecule has 1 aromatic heterocycles. The van der Waals surface area contributed by atoms with E-state index in [4.69, 9.17) is 0 Å². The number of carbonyl (C=O) groups is 1. The van der Waals surface area contributed by atoms with Crippen molar-refractivity contribution in [2.45, 2.75) is 6.54 Å². The maximum Gasteiger partial charge on any atom is 0.200 e. The first-order valence-corrected chi connectivity index (χ1v) is 8.70. The summed E-state index contributed by atoms with van der Waals surface area (Å²) in [5, 5.41) is 0.129. The normalized spacial score (nSPS) is 10.9. The van der Waals surface area contributed by atoms with Crippen LogP contribution < -0.4 is 5.43 Å². The third-order valence-electron chi connectivity index (χ3n) is 4.59. The molecule has 0 aliphatic heterocycles. The Hall–Kier alpha value is -3.60. The van der Waals surface area contributed by atoms with Crippen molar-refractivity contribution in [3.8, 4) is 0 Å². The molecule has 0 fully saturated rings. The summed E-state index contributed by atoms with van der Waals surface area (Å²) >= 11 is 0. The molecule has 28 heavy (non-hydrogen) atoms. The van der Waals surface area contributed by atoms with Gasteiger partial charge in [-0.2, -0.15) is 0 Å². The molecule has 138 valence electrons. The molecule has 0 unspecified atom stereocenters. The number of ketones is 1. The van der Waals surface area contributed by atoms with Gasteiger partial charge in [-0.3, -0.25) is 9.59 Å². The van der Waals surface area contributed by atoms with Gasteiger partial charge in [-0.15, -0.1) is 0 Å². The van der Waals surface area contributed by atoms with Crippen molar-refractivity contribution < 1.29 is 13.6 Å². The number of pyridine rings is 1. The van der Waals surface area contributed by atoms with Crippen molar-refractivity contribution in [2.75, 3.05) is 0 Å². The molecule has 0 bridgehead atoms. The minimum atomic E-state index is -0.553. The molecule has 3 nitrogen and oxygen atoms in total. The molecule has 0 amide bonds. The van der Waals surface area contributed by atoms with Crippen LogP contribution in [0.2, 0.25) is 0 Å². The maximum absolute atomic E-state index is 13.8. The standard InChI is InChI=1S/C23H15F2NO2/c24-17-8-6-15(7-9-17)13-26-14-20(22(27)16-4-2-1-3-5-16)23(28)19-12-18(25)10-11-21(19)26/h1-12,14H,13H2. The summed E-state index contributed by atoms with van der Waals surface area (Å²) in [4.78, 5) is 25.8. The average Bonchev–Trinajstić information content (AvgIpc) is 2.72. The summed E-state index contributed by atoms with van der Waals surface area (Å²) in [5.74, 6) is -1.33. The summed E-state index contributed by atoms with van der Waals surface area (Å²) in [7, 11) is 0. The van der Waals surface area contributed by atoms with E-state index in [0.29, 0.717) is 17.6 Å². The Labute approximate surface area is 159 Å². The molecule has 4 rings (SSSR count). The zero-order valence-electron chi connectivity index (χ0n) is 14.7. The minimum Gasteiger partial charge on any atom is -0.342 e. The monoisotopic (exact) mass is 375 g/mol. The molecule has 0 aliphatic carbocycles. The third kappa shape index (κ3) is 3.34. The fraction of sp³-hybridized carbons (Fsp3) is 0.0435. The molecular weight excluding hydrogens is 360 g/mol. The highest BCUT2D eigenvalue weighted by atomic mass is 19.1. The fourth-order valence-corrected chi connectivity index (χ4v) is 3.19. The van der Waals surface area contributed by atoms with E-state index in [-0.39, 0.29) is 16.8 Å². The van der Waals surface area contributed by atoms with Gasteiger partial charge >= 0.3 is 0 Å². The Morgan fingerprint density at radius 3 is 2.25 bits per heavy atom. The van der Waals surface area contributed by atoms with E-state index in [2.05, 4.69) is 0 Å². The smallest absolute Gasteiger partial charge is 0.200 e. The van der Waals surface area contributed by atoms with Crippen LogP contribution in [0.5, 0.6) is 0 Å². The van der Waals surface area contributed by atoms with Gasteiger partial charge in [-0.1, -0.05) is 42.5 Å². The number of carbonyl (C=O) groups excluding carboxylic acids is 1. The van der Waals surface area contributed by atoms with Crippen LogP contribution in [0, 0.1) is 11.6 Å². The van der Waals surface area contributed by atoms with Crippen LogP contribution in [-0.4, -0.2) is 10.4 Å². The van der Waals surface area contributed by atoms with Crippen LogP contribution in [0.4, 0.5) is 8.78 Å². The Bertz CT molecular complexity index is 1230. The molecule has 4 aromatic rings. The number of hydrogen-bond acceptors (Lipinski definition) is 2. The summed E-state index contributed by atoms with van der Waals surface area (Å²) in [5.41, 5.74) is 1.11.